The highest BCUT2D eigenvalue weighted by Crippen LogP contribution is 2.27. The zero-order chi connectivity index (χ0) is 15.8. The first-order valence-corrected chi connectivity index (χ1v) is 8.54. The molecule has 0 bridgehead atoms. The fraction of sp³-hybridized carbons (Fsp3) is 0.588. The number of imidazole rings is 1. The summed E-state index contributed by atoms with van der Waals surface area (Å²) in [4.78, 5) is 17.7. The van der Waals surface area contributed by atoms with Crippen LogP contribution in [0.3, 0.4) is 0 Å². The first kappa shape index (κ1) is 14.6. The average molecular weight is 314 g/mol. The van der Waals surface area contributed by atoms with Crippen molar-refractivity contribution in [2.75, 3.05) is 19.6 Å². The van der Waals surface area contributed by atoms with Crippen LogP contribution < -0.4 is 0 Å². The highest BCUT2D eigenvalue weighted by Gasteiger charge is 2.27. The molecule has 122 valence electrons. The Kier molecular flexibility index (Phi) is 3.77. The molecule has 0 N–H and O–H groups in total. The molecule has 2 aliphatic rings. The molecule has 1 aromatic carbocycles. The first-order chi connectivity index (χ1) is 11.2. The van der Waals surface area contributed by atoms with E-state index in [0.29, 0.717) is 6.42 Å². The van der Waals surface area contributed by atoms with E-state index in [2.05, 4.69) is 15.5 Å². The van der Waals surface area contributed by atoms with Gasteiger partial charge in [0.2, 0.25) is 6.54 Å². The lowest BCUT2D eigenvalue weighted by molar-refractivity contribution is -0.479. The molecule has 1 fully saturated rings. The van der Waals surface area contributed by atoms with Gasteiger partial charge in [-0.05, 0) is 30.5 Å². The molecule has 2 heterocycles. The minimum absolute atomic E-state index is 0.0184. The van der Waals surface area contributed by atoms with Gasteiger partial charge in [0.05, 0.1) is 11.0 Å². The van der Waals surface area contributed by atoms with E-state index in [1.165, 1.54) is 24.8 Å². The Morgan fingerprint density at radius 3 is 2.87 bits per heavy atom. The van der Waals surface area contributed by atoms with Crippen LogP contribution in [0.15, 0.2) is 18.2 Å². The summed E-state index contributed by atoms with van der Waals surface area (Å²) in [6.45, 7) is 3.18. The summed E-state index contributed by atoms with van der Waals surface area (Å²) in [7, 11) is 0. The topological polar surface area (TPSA) is 64.2 Å². The Balaban J connectivity index is 1.55. The van der Waals surface area contributed by atoms with Crippen LogP contribution in [0.25, 0.3) is 11.0 Å². The van der Waals surface area contributed by atoms with Crippen molar-refractivity contribution in [3.63, 3.8) is 0 Å². The lowest BCUT2D eigenvalue weighted by atomic mass is 9.91. The second-order valence-corrected chi connectivity index (χ2v) is 6.68. The zero-order valence-corrected chi connectivity index (χ0v) is 13.3. The van der Waals surface area contributed by atoms with Gasteiger partial charge in [-0.3, -0.25) is 15.0 Å². The second kappa shape index (κ2) is 5.92. The van der Waals surface area contributed by atoms with Crippen molar-refractivity contribution in [1.29, 1.82) is 0 Å². The van der Waals surface area contributed by atoms with Crippen LogP contribution in [0, 0.1) is 10.1 Å². The Morgan fingerprint density at radius 1 is 1.26 bits per heavy atom. The molecule has 1 saturated carbocycles. The van der Waals surface area contributed by atoms with Crippen LogP contribution in [0.2, 0.25) is 0 Å². The van der Waals surface area contributed by atoms with Crippen LogP contribution in [-0.4, -0.2) is 45.1 Å². The fourth-order valence-corrected chi connectivity index (χ4v) is 3.74. The van der Waals surface area contributed by atoms with Crippen molar-refractivity contribution in [2.45, 2.75) is 44.7 Å². The van der Waals surface area contributed by atoms with Gasteiger partial charge in [-0.25, -0.2) is 4.98 Å². The first-order valence-electron chi connectivity index (χ1n) is 8.54. The van der Waals surface area contributed by atoms with E-state index in [0.717, 1.165) is 49.0 Å². The van der Waals surface area contributed by atoms with Gasteiger partial charge in [0, 0.05) is 43.4 Å². The summed E-state index contributed by atoms with van der Waals surface area (Å²) < 4.78 is 2.34. The predicted molar refractivity (Wildman–Crippen MR) is 88.2 cm³/mol. The van der Waals surface area contributed by atoms with E-state index < -0.39 is 0 Å². The number of nitrogens with zero attached hydrogens (tertiary/aromatic N) is 4. The highest BCUT2D eigenvalue weighted by atomic mass is 16.6. The van der Waals surface area contributed by atoms with Crippen molar-refractivity contribution in [2.24, 2.45) is 0 Å². The Labute approximate surface area is 135 Å². The maximum Gasteiger partial charge on any atom is 0.207 e. The van der Waals surface area contributed by atoms with Gasteiger partial charge in [-0.2, -0.15) is 0 Å². The van der Waals surface area contributed by atoms with Gasteiger partial charge in [0.25, 0.3) is 0 Å². The van der Waals surface area contributed by atoms with Crippen LogP contribution in [0.1, 0.15) is 30.7 Å². The van der Waals surface area contributed by atoms with Gasteiger partial charge in [0.15, 0.2) is 0 Å². The number of aromatic nitrogens is 2. The van der Waals surface area contributed by atoms with Crippen molar-refractivity contribution in [1.82, 2.24) is 14.5 Å². The van der Waals surface area contributed by atoms with E-state index in [-0.39, 0.29) is 11.5 Å². The van der Waals surface area contributed by atoms with E-state index in [1.807, 2.05) is 12.1 Å². The molecular weight excluding hydrogens is 292 g/mol. The van der Waals surface area contributed by atoms with E-state index in [9.17, 15) is 10.1 Å². The quantitative estimate of drug-likeness (QED) is 0.641. The maximum atomic E-state index is 10.5. The predicted octanol–water partition coefficient (Wildman–Crippen LogP) is 2.27. The summed E-state index contributed by atoms with van der Waals surface area (Å²) in [5.41, 5.74) is 3.15. The molecule has 1 aliphatic heterocycles. The largest absolute Gasteiger partial charge is 0.327 e. The lowest BCUT2D eigenvalue weighted by Gasteiger charge is -2.36. The van der Waals surface area contributed by atoms with E-state index in [4.69, 9.17) is 4.98 Å². The smallest absolute Gasteiger partial charge is 0.207 e. The summed E-state index contributed by atoms with van der Waals surface area (Å²) in [5.74, 6) is 1.16. The molecule has 2 aromatic rings. The minimum Gasteiger partial charge on any atom is -0.327 e. The molecule has 0 saturated heterocycles. The second-order valence-electron chi connectivity index (χ2n) is 6.68. The number of hydrogen-bond acceptors (Lipinski definition) is 4. The number of benzene rings is 1. The molecule has 4 rings (SSSR count). The summed E-state index contributed by atoms with van der Waals surface area (Å²) in [5, 5.41) is 10.5. The summed E-state index contributed by atoms with van der Waals surface area (Å²) in [6.07, 6.45) is 5.54. The molecule has 0 spiro atoms. The minimum atomic E-state index is -0.262. The third kappa shape index (κ3) is 2.83. The molecule has 0 amide bonds. The van der Waals surface area contributed by atoms with Gasteiger partial charge in [0.1, 0.15) is 5.82 Å². The van der Waals surface area contributed by atoms with Crippen molar-refractivity contribution in [3.8, 4) is 0 Å². The molecule has 1 aliphatic carbocycles. The lowest BCUT2D eigenvalue weighted by Crippen LogP contribution is -2.41. The fourth-order valence-electron chi connectivity index (χ4n) is 3.74. The van der Waals surface area contributed by atoms with Crippen LogP contribution in [0.5, 0.6) is 0 Å². The summed E-state index contributed by atoms with van der Waals surface area (Å²) in [6, 6.07) is 6.90. The standard InChI is InChI=1S/C17H22N4O2/c22-21(23)9-6-13-4-5-16-15(12-13)18-17-7-8-19(10-11-20(16)17)14-2-1-3-14/h4-5,12,14H,1-3,6-11H2. The van der Waals surface area contributed by atoms with E-state index in [1.54, 1.807) is 0 Å². The van der Waals surface area contributed by atoms with Crippen molar-refractivity contribution < 1.29 is 4.92 Å². The van der Waals surface area contributed by atoms with Crippen molar-refractivity contribution in [3.05, 3.63) is 39.7 Å². The SMILES string of the molecule is O=[N+]([O-])CCc1ccc2c(c1)nc1n2CCN(C2CCC2)CC1. The maximum absolute atomic E-state index is 10.5. The number of fused-ring (bicyclic) bond motifs is 3. The average Bonchev–Trinajstić information content (AvgIpc) is 2.70. The third-order valence-corrected chi connectivity index (χ3v) is 5.30. The Morgan fingerprint density at radius 2 is 2.13 bits per heavy atom. The van der Waals surface area contributed by atoms with Gasteiger partial charge < -0.3 is 4.57 Å². The number of hydrogen-bond donors (Lipinski definition) is 0. The van der Waals surface area contributed by atoms with Crippen LogP contribution in [0.4, 0.5) is 0 Å². The van der Waals surface area contributed by atoms with Crippen LogP contribution in [-0.2, 0) is 19.4 Å². The molecule has 0 atom stereocenters. The summed E-state index contributed by atoms with van der Waals surface area (Å²) >= 11 is 0. The van der Waals surface area contributed by atoms with Crippen LogP contribution >= 0.6 is 0 Å². The molecule has 0 unspecified atom stereocenters. The zero-order valence-electron chi connectivity index (χ0n) is 13.3. The molecule has 6 heteroatoms. The highest BCUT2D eigenvalue weighted by molar-refractivity contribution is 5.77. The number of rotatable bonds is 4. The Hall–Kier alpha value is -1.95. The molecule has 1 aromatic heterocycles. The van der Waals surface area contributed by atoms with Gasteiger partial charge in [-0.15, -0.1) is 0 Å². The molecule has 0 radical (unpaired) electrons. The van der Waals surface area contributed by atoms with Crippen molar-refractivity contribution >= 4 is 11.0 Å². The third-order valence-electron chi connectivity index (χ3n) is 5.30. The van der Waals surface area contributed by atoms with E-state index >= 15 is 0 Å². The Bertz CT molecular complexity index is 736. The van der Waals surface area contributed by atoms with Gasteiger partial charge >= 0.3 is 0 Å². The molecule has 6 nitrogen and oxygen atoms in total. The normalized spacial score (nSPS) is 19.3. The molecule has 23 heavy (non-hydrogen) atoms. The van der Waals surface area contributed by atoms with Gasteiger partial charge in [-0.1, -0.05) is 12.5 Å². The number of nitro groups is 1. The monoisotopic (exact) mass is 314 g/mol. The molecular formula is C17H22N4O2.